The van der Waals surface area contributed by atoms with Crippen LogP contribution >= 0.6 is 0 Å². The standard InChI is InChI=1S/C47H55N7O4/c1-4-52(5-2)43(35-11-7-6-8-12-35)46(56)53-25-9-13-41(53)39-28-37(29-48-39)33-17-15-31(16-18-33)32-19-21-34(22-20-32)40-30-49-44(51-40)42-14-10-26-54(42)45(55)36-23-24-38(27-36)50-47(57)58-3/h6-8,11-12,15-22,29-30,36,38,41-43H,4-5,9-10,13-14,23-28H2,1-3H3,(H,49,51)(H,50,57)/t36-,38+,41+,42+,43-/m1/s1. The zero-order chi connectivity index (χ0) is 40.2. The Balaban J connectivity index is 0.878. The Morgan fingerprint density at radius 1 is 0.828 bits per heavy atom. The number of benzene rings is 3. The number of aromatic nitrogens is 2. The number of rotatable bonds is 12. The molecule has 1 aromatic heterocycles. The maximum atomic E-state index is 14.2. The minimum absolute atomic E-state index is 0.0227. The number of carbonyl (C=O) groups excluding carboxylic acids is 3. The topological polar surface area (TPSA) is 123 Å². The highest BCUT2D eigenvalue weighted by molar-refractivity contribution is 6.03. The molecule has 2 saturated heterocycles. The molecule has 58 heavy (non-hydrogen) atoms. The zero-order valence-corrected chi connectivity index (χ0v) is 33.9. The average molecular weight is 782 g/mol. The summed E-state index contributed by atoms with van der Waals surface area (Å²) in [6.07, 6.45) is 10.1. The summed E-state index contributed by atoms with van der Waals surface area (Å²) >= 11 is 0. The molecular weight excluding hydrogens is 727 g/mol. The number of nitrogens with zero attached hydrogens (tertiary/aromatic N) is 5. The van der Waals surface area contributed by atoms with E-state index in [-0.39, 0.29) is 41.9 Å². The van der Waals surface area contributed by atoms with Crippen LogP contribution in [0.25, 0.3) is 28.0 Å². The van der Waals surface area contributed by atoms with E-state index in [0.717, 1.165) is 116 Å². The molecule has 3 aromatic carbocycles. The molecule has 4 aromatic rings. The number of alkyl carbamates (subject to hydrolysis) is 1. The Morgan fingerprint density at radius 2 is 1.48 bits per heavy atom. The summed E-state index contributed by atoms with van der Waals surface area (Å²) in [7, 11) is 1.36. The van der Waals surface area contributed by atoms with E-state index >= 15 is 0 Å². The molecule has 5 atom stereocenters. The molecule has 11 heteroatoms. The van der Waals surface area contributed by atoms with Crippen LogP contribution in [-0.2, 0) is 14.3 Å². The predicted octanol–water partition coefficient (Wildman–Crippen LogP) is 8.19. The number of H-pyrrole nitrogens is 1. The number of allylic oxidation sites excluding steroid dienone is 1. The fraction of sp³-hybridized carbons (Fsp3) is 0.426. The van der Waals surface area contributed by atoms with Crippen LogP contribution in [0, 0.1) is 5.92 Å². The number of hydrogen-bond donors (Lipinski definition) is 2. The normalized spacial score (nSPS) is 22.3. The molecule has 4 heterocycles. The Kier molecular flexibility index (Phi) is 11.9. The average Bonchev–Trinajstić information content (AvgIpc) is 4.12. The summed E-state index contributed by atoms with van der Waals surface area (Å²) in [5, 5.41) is 2.85. The third-order valence-corrected chi connectivity index (χ3v) is 12.7. The smallest absolute Gasteiger partial charge is 0.407 e. The van der Waals surface area contributed by atoms with Crippen LogP contribution in [0.3, 0.4) is 0 Å². The number of imidazole rings is 1. The Hall–Kier alpha value is -5.55. The van der Waals surface area contributed by atoms with Crippen LogP contribution in [0.15, 0.2) is 96.3 Å². The molecule has 3 amide bonds. The second-order valence-electron chi connectivity index (χ2n) is 16.0. The summed E-state index contributed by atoms with van der Waals surface area (Å²) < 4.78 is 4.75. The van der Waals surface area contributed by atoms with Crippen LogP contribution in [0.2, 0.25) is 0 Å². The summed E-state index contributed by atoms with van der Waals surface area (Å²) in [6, 6.07) is 27.0. The van der Waals surface area contributed by atoms with Crippen molar-refractivity contribution in [3.8, 4) is 22.4 Å². The number of ether oxygens (including phenoxy) is 1. The van der Waals surface area contributed by atoms with Crippen LogP contribution in [-0.4, -0.2) is 93.7 Å². The van der Waals surface area contributed by atoms with Gasteiger partial charge < -0.3 is 24.8 Å². The van der Waals surface area contributed by atoms with Crippen molar-refractivity contribution >= 4 is 29.2 Å². The fourth-order valence-corrected chi connectivity index (χ4v) is 9.58. The summed E-state index contributed by atoms with van der Waals surface area (Å²) in [5.74, 6) is 1.04. The first-order valence-electron chi connectivity index (χ1n) is 21.1. The monoisotopic (exact) mass is 781 g/mol. The number of hydrogen-bond acceptors (Lipinski definition) is 7. The SMILES string of the molecule is CCN(CC)[C@@H](C(=O)N1CCC[C@H]1C1=NC=C(c2ccc(-c3ccc(-c4cnc([C@@H]5CCCN5C(=O)[C@@H]5CC[C@H](NC(=O)OC)C5)[nH]4)cc3)cc2)C1)c1ccccc1. The lowest BCUT2D eigenvalue weighted by Gasteiger charge is -2.35. The van der Waals surface area contributed by atoms with E-state index in [2.05, 4.69) is 94.6 Å². The molecule has 0 bridgehead atoms. The maximum Gasteiger partial charge on any atom is 0.407 e. The van der Waals surface area contributed by atoms with E-state index < -0.39 is 6.09 Å². The second-order valence-corrected chi connectivity index (χ2v) is 16.0. The van der Waals surface area contributed by atoms with Gasteiger partial charge in [0.1, 0.15) is 11.9 Å². The molecule has 302 valence electrons. The van der Waals surface area contributed by atoms with E-state index in [4.69, 9.17) is 14.7 Å². The van der Waals surface area contributed by atoms with Crippen molar-refractivity contribution in [1.29, 1.82) is 0 Å². The highest BCUT2D eigenvalue weighted by atomic mass is 16.5. The van der Waals surface area contributed by atoms with E-state index in [1.54, 1.807) is 0 Å². The largest absolute Gasteiger partial charge is 0.453 e. The van der Waals surface area contributed by atoms with Crippen molar-refractivity contribution < 1.29 is 19.1 Å². The summed E-state index contributed by atoms with van der Waals surface area (Å²) in [4.78, 5) is 59.0. The number of methoxy groups -OCH3 is 1. The molecule has 8 rings (SSSR count). The van der Waals surface area contributed by atoms with E-state index in [1.807, 2.05) is 35.5 Å². The minimum Gasteiger partial charge on any atom is -0.453 e. The maximum absolute atomic E-state index is 14.2. The van der Waals surface area contributed by atoms with Crippen molar-refractivity contribution in [2.45, 2.75) is 89.4 Å². The zero-order valence-electron chi connectivity index (χ0n) is 33.9. The number of likely N-dealkylation sites (N-methyl/N-ethyl adjacent to an activating group) is 1. The highest BCUT2D eigenvalue weighted by Gasteiger charge is 2.40. The summed E-state index contributed by atoms with van der Waals surface area (Å²) in [6.45, 7) is 7.35. The van der Waals surface area contributed by atoms with Gasteiger partial charge in [-0.2, -0.15) is 0 Å². The molecule has 1 saturated carbocycles. The first kappa shape index (κ1) is 39.3. The van der Waals surface area contributed by atoms with Gasteiger partial charge in [-0.3, -0.25) is 19.5 Å². The molecular formula is C47H55N7O4. The van der Waals surface area contributed by atoms with E-state index in [1.165, 1.54) is 12.7 Å². The van der Waals surface area contributed by atoms with E-state index in [9.17, 15) is 14.4 Å². The van der Waals surface area contributed by atoms with Crippen molar-refractivity contribution in [1.82, 2.24) is 30.0 Å². The molecule has 3 aliphatic heterocycles. The van der Waals surface area contributed by atoms with Crippen LogP contribution in [0.1, 0.15) is 94.2 Å². The van der Waals surface area contributed by atoms with Crippen LogP contribution < -0.4 is 5.32 Å². The van der Waals surface area contributed by atoms with Gasteiger partial charge in [-0.15, -0.1) is 0 Å². The van der Waals surface area contributed by atoms with Gasteiger partial charge in [0.25, 0.3) is 0 Å². The van der Waals surface area contributed by atoms with Crippen LogP contribution in [0.5, 0.6) is 0 Å². The molecule has 0 unspecified atom stereocenters. The molecule has 3 fully saturated rings. The lowest BCUT2D eigenvalue weighted by molar-refractivity contribution is -0.137. The Morgan fingerprint density at radius 3 is 2.17 bits per heavy atom. The third kappa shape index (κ3) is 8.09. The van der Waals surface area contributed by atoms with Gasteiger partial charge >= 0.3 is 6.09 Å². The first-order chi connectivity index (χ1) is 28.3. The van der Waals surface area contributed by atoms with Gasteiger partial charge in [0.2, 0.25) is 11.8 Å². The molecule has 2 N–H and O–H groups in total. The van der Waals surface area contributed by atoms with Crippen molar-refractivity contribution in [2.75, 3.05) is 33.3 Å². The molecule has 0 spiro atoms. The molecule has 11 nitrogen and oxygen atoms in total. The number of aromatic amines is 1. The number of aliphatic imine (C=N–C) groups is 1. The number of carbonyl (C=O) groups is 3. The van der Waals surface area contributed by atoms with E-state index in [0.29, 0.717) is 6.42 Å². The Labute approximate surface area is 341 Å². The molecule has 4 aliphatic rings. The Bertz CT molecular complexity index is 2140. The number of amides is 3. The lowest BCUT2D eigenvalue weighted by atomic mass is 9.96. The number of likely N-dealkylation sites (tertiary alicyclic amines) is 2. The van der Waals surface area contributed by atoms with Gasteiger partial charge in [0, 0.05) is 43.4 Å². The van der Waals surface area contributed by atoms with Gasteiger partial charge in [-0.25, -0.2) is 9.78 Å². The number of nitrogens with one attached hydrogen (secondary N) is 2. The minimum atomic E-state index is -0.445. The lowest BCUT2D eigenvalue weighted by Crippen LogP contribution is -2.47. The quantitative estimate of drug-likeness (QED) is 0.150. The van der Waals surface area contributed by atoms with Gasteiger partial charge in [0.15, 0.2) is 0 Å². The van der Waals surface area contributed by atoms with Crippen molar-refractivity contribution in [2.24, 2.45) is 10.9 Å². The van der Waals surface area contributed by atoms with Crippen LogP contribution in [0.4, 0.5) is 4.79 Å². The fourth-order valence-electron chi connectivity index (χ4n) is 9.58. The van der Waals surface area contributed by atoms with Crippen molar-refractivity contribution in [3.05, 3.63) is 108 Å². The second kappa shape index (κ2) is 17.5. The summed E-state index contributed by atoms with van der Waals surface area (Å²) in [5.41, 5.74) is 8.68. The van der Waals surface area contributed by atoms with Crippen molar-refractivity contribution in [3.63, 3.8) is 0 Å². The highest BCUT2D eigenvalue weighted by Crippen LogP contribution is 2.37. The molecule has 0 radical (unpaired) electrons. The van der Waals surface area contributed by atoms with Gasteiger partial charge in [-0.05, 0) is 91.4 Å². The molecule has 1 aliphatic carbocycles. The third-order valence-electron chi connectivity index (χ3n) is 12.7. The first-order valence-corrected chi connectivity index (χ1v) is 21.1. The van der Waals surface area contributed by atoms with Gasteiger partial charge in [0.05, 0.1) is 31.1 Å². The predicted molar refractivity (Wildman–Crippen MR) is 227 cm³/mol. The van der Waals surface area contributed by atoms with Gasteiger partial charge in [-0.1, -0.05) is 92.7 Å².